The van der Waals surface area contributed by atoms with Gasteiger partial charge in [-0.1, -0.05) is 116 Å². The maximum Gasteiger partial charge on any atom is 0.0698 e. The number of anilines is 3. The van der Waals surface area contributed by atoms with Crippen LogP contribution in [0.25, 0.3) is 60.9 Å². The van der Waals surface area contributed by atoms with Crippen LogP contribution in [0.2, 0.25) is 0 Å². The molecule has 9 aromatic rings. The van der Waals surface area contributed by atoms with Gasteiger partial charge in [-0.2, -0.15) is 0 Å². The predicted molar refractivity (Wildman–Crippen MR) is 241 cm³/mol. The first-order chi connectivity index (χ1) is 28.2. The Bertz CT molecular complexity index is 2870. The van der Waals surface area contributed by atoms with Crippen LogP contribution in [0.4, 0.5) is 17.1 Å². The first-order valence-electron chi connectivity index (χ1n) is 19.2. The Balaban J connectivity index is 1.20. The highest BCUT2D eigenvalue weighted by Gasteiger charge is 2.20. The molecule has 0 saturated heterocycles. The molecule has 0 bridgehead atoms. The Labute approximate surface area is 333 Å². The molecule has 0 aliphatic heterocycles. The lowest BCUT2D eigenvalue weighted by atomic mass is 9.95. The number of benzene rings is 7. The summed E-state index contributed by atoms with van der Waals surface area (Å²) in [5.41, 5.74) is 15.5. The second kappa shape index (κ2) is 15.7. The van der Waals surface area contributed by atoms with Crippen molar-refractivity contribution in [3.05, 3.63) is 225 Å². The van der Waals surface area contributed by atoms with Gasteiger partial charge >= 0.3 is 0 Å². The number of fused-ring (bicyclic) bond motifs is 3. The van der Waals surface area contributed by atoms with Crippen molar-refractivity contribution in [2.75, 3.05) is 4.90 Å². The molecule has 2 aromatic heterocycles. The molecule has 0 atom stereocenters. The molecule has 0 aliphatic carbocycles. The van der Waals surface area contributed by atoms with Crippen molar-refractivity contribution in [1.82, 2.24) is 9.55 Å². The number of nitrogens with zero attached hydrogens (tertiary/aromatic N) is 4. The zero-order chi connectivity index (χ0) is 38.6. The van der Waals surface area contributed by atoms with Crippen molar-refractivity contribution >= 4 is 44.6 Å². The van der Waals surface area contributed by atoms with Crippen molar-refractivity contribution < 1.29 is 0 Å². The van der Waals surface area contributed by atoms with E-state index in [1.165, 1.54) is 38.5 Å². The van der Waals surface area contributed by atoms with E-state index in [1.54, 1.807) is 6.20 Å². The fourth-order valence-electron chi connectivity index (χ4n) is 7.80. The summed E-state index contributed by atoms with van der Waals surface area (Å²) in [5, 5.41) is 2.45. The van der Waals surface area contributed by atoms with Gasteiger partial charge < -0.3 is 9.47 Å². The molecule has 0 spiro atoms. The van der Waals surface area contributed by atoms with E-state index < -0.39 is 0 Å². The lowest BCUT2D eigenvalue weighted by Gasteiger charge is -2.26. The lowest BCUT2D eigenvalue weighted by Crippen LogP contribution is -2.10. The van der Waals surface area contributed by atoms with Gasteiger partial charge in [0.1, 0.15) is 0 Å². The van der Waals surface area contributed by atoms with Gasteiger partial charge in [0.15, 0.2) is 0 Å². The van der Waals surface area contributed by atoms with Gasteiger partial charge in [-0.3, -0.25) is 9.98 Å². The monoisotopic (exact) mass is 732 g/mol. The fraction of sp³-hybridized carbons (Fsp3) is 0.0189. The number of hydrogen-bond donors (Lipinski definition) is 0. The second-order valence-electron chi connectivity index (χ2n) is 13.9. The molecule has 0 amide bonds. The maximum absolute atomic E-state index is 4.51. The van der Waals surface area contributed by atoms with E-state index in [-0.39, 0.29) is 0 Å². The number of hydrogen-bond acceptors (Lipinski definition) is 3. The Morgan fingerprint density at radius 1 is 0.561 bits per heavy atom. The largest absolute Gasteiger partial charge is 0.311 e. The molecule has 4 nitrogen and oxygen atoms in total. The van der Waals surface area contributed by atoms with E-state index in [0.717, 1.165) is 50.7 Å². The van der Waals surface area contributed by atoms with Crippen LogP contribution in [0.1, 0.15) is 12.5 Å². The van der Waals surface area contributed by atoms with Crippen LogP contribution in [0.5, 0.6) is 0 Å². The van der Waals surface area contributed by atoms with Crippen LogP contribution < -0.4 is 4.90 Å². The molecule has 0 unspecified atom stereocenters. The van der Waals surface area contributed by atoms with Crippen molar-refractivity contribution in [1.29, 1.82) is 0 Å². The Morgan fingerprint density at radius 3 is 1.77 bits per heavy atom. The Morgan fingerprint density at radius 2 is 1.12 bits per heavy atom. The maximum atomic E-state index is 4.51. The molecule has 0 aliphatic rings. The van der Waals surface area contributed by atoms with Crippen LogP contribution in [-0.2, 0) is 0 Å². The van der Waals surface area contributed by atoms with Crippen molar-refractivity contribution in [3.63, 3.8) is 0 Å². The average Bonchev–Trinajstić information content (AvgIpc) is 3.62. The summed E-state index contributed by atoms with van der Waals surface area (Å²) in [4.78, 5) is 11.0. The minimum absolute atomic E-state index is 0.869. The third-order valence-corrected chi connectivity index (χ3v) is 10.4. The summed E-state index contributed by atoms with van der Waals surface area (Å²) in [7, 11) is 0. The standard InChI is InChI=1S/C53H40N4/c1-3-13-51(55-4-2)42-24-30-47(31-25-42)56(45-26-20-39(21-27-45)40-32-34-54-35-33-40)46-28-22-41(23-29-46)49-36-43(38-14-7-5-8-15-38)37-50-48-18-11-12-19-52(48)57(53(49)50)44-16-9-6-10-17-44/h3-37H,2H2,1H3/b13-3-,55-51?. The molecule has 4 heteroatoms. The molecule has 9 rings (SSSR count). The highest BCUT2D eigenvalue weighted by Crippen LogP contribution is 2.43. The van der Waals surface area contributed by atoms with Crippen LogP contribution in [0, 0.1) is 0 Å². The quantitative estimate of drug-likeness (QED) is 0.131. The molecule has 7 aromatic carbocycles. The number of pyridine rings is 1. The highest BCUT2D eigenvalue weighted by molar-refractivity contribution is 6.15. The van der Waals surface area contributed by atoms with Gasteiger partial charge in [-0.05, 0) is 120 Å². The molecule has 0 N–H and O–H groups in total. The van der Waals surface area contributed by atoms with E-state index in [1.807, 2.05) is 43.6 Å². The summed E-state index contributed by atoms with van der Waals surface area (Å²) in [6.45, 7) is 5.82. The van der Waals surface area contributed by atoms with Gasteiger partial charge in [-0.15, -0.1) is 0 Å². The summed E-state index contributed by atoms with van der Waals surface area (Å²) >= 11 is 0. The van der Waals surface area contributed by atoms with Crippen LogP contribution in [0.15, 0.2) is 224 Å². The van der Waals surface area contributed by atoms with Gasteiger partial charge in [0.05, 0.1) is 16.7 Å². The van der Waals surface area contributed by atoms with E-state index in [9.17, 15) is 0 Å². The second-order valence-corrected chi connectivity index (χ2v) is 13.9. The molecular formula is C53H40N4. The third-order valence-electron chi connectivity index (χ3n) is 10.4. The van der Waals surface area contributed by atoms with Gasteiger partial charge in [0, 0.05) is 63.2 Å². The average molecular weight is 733 g/mol. The minimum atomic E-state index is 0.869. The lowest BCUT2D eigenvalue weighted by molar-refractivity contribution is 1.18. The van der Waals surface area contributed by atoms with Crippen molar-refractivity contribution in [2.45, 2.75) is 6.92 Å². The summed E-state index contributed by atoms with van der Waals surface area (Å²) in [6.07, 6.45) is 9.26. The normalized spacial score (nSPS) is 11.7. The van der Waals surface area contributed by atoms with E-state index in [0.29, 0.717) is 0 Å². The van der Waals surface area contributed by atoms with E-state index in [4.69, 9.17) is 0 Å². The first-order valence-corrected chi connectivity index (χ1v) is 19.2. The van der Waals surface area contributed by atoms with Crippen molar-refractivity contribution in [2.24, 2.45) is 4.99 Å². The Kier molecular flexibility index (Phi) is 9.66. The molecule has 272 valence electrons. The topological polar surface area (TPSA) is 33.4 Å². The number of para-hydroxylation sites is 2. The molecule has 57 heavy (non-hydrogen) atoms. The van der Waals surface area contributed by atoms with Crippen LogP contribution >= 0.6 is 0 Å². The van der Waals surface area contributed by atoms with Gasteiger partial charge in [-0.25, -0.2) is 0 Å². The number of aromatic nitrogens is 2. The molecular weight excluding hydrogens is 693 g/mol. The van der Waals surface area contributed by atoms with E-state index in [2.05, 4.69) is 196 Å². The first kappa shape index (κ1) is 35.2. The highest BCUT2D eigenvalue weighted by atomic mass is 15.1. The molecule has 0 radical (unpaired) electrons. The van der Waals surface area contributed by atoms with E-state index >= 15 is 0 Å². The number of aliphatic imine (C=N–C) groups is 1. The third kappa shape index (κ3) is 6.86. The summed E-state index contributed by atoms with van der Waals surface area (Å²) in [5.74, 6) is 0. The van der Waals surface area contributed by atoms with Crippen LogP contribution in [-0.4, -0.2) is 15.3 Å². The fourth-order valence-corrected chi connectivity index (χ4v) is 7.80. The Hall–Kier alpha value is -7.56. The van der Waals surface area contributed by atoms with Gasteiger partial charge in [0.25, 0.3) is 0 Å². The van der Waals surface area contributed by atoms with Crippen molar-refractivity contribution in [3.8, 4) is 39.1 Å². The number of rotatable bonds is 10. The molecule has 0 saturated carbocycles. The SMILES string of the molecule is C=CN=C(/C=C\C)c1ccc(N(c2ccc(-c3ccncc3)cc2)c2ccc(-c3cc(-c4ccccc4)cc4c5ccccc5n(-c5ccccc5)c34)cc2)cc1. The predicted octanol–water partition coefficient (Wildman–Crippen LogP) is 14.2. The smallest absolute Gasteiger partial charge is 0.0698 e. The summed E-state index contributed by atoms with van der Waals surface area (Å²) in [6, 6.07) is 65.2. The zero-order valence-corrected chi connectivity index (χ0v) is 31.7. The molecule has 2 heterocycles. The summed E-state index contributed by atoms with van der Waals surface area (Å²) < 4.78 is 2.42. The minimum Gasteiger partial charge on any atom is -0.311 e. The van der Waals surface area contributed by atoms with Crippen LogP contribution in [0.3, 0.4) is 0 Å². The zero-order valence-electron chi connectivity index (χ0n) is 31.7. The molecule has 0 fully saturated rings. The van der Waals surface area contributed by atoms with Gasteiger partial charge in [0.2, 0.25) is 0 Å². The number of allylic oxidation sites excluding steroid dienone is 2.